The summed E-state index contributed by atoms with van der Waals surface area (Å²) in [5, 5.41) is 15.7. The second-order valence-electron chi connectivity index (χ2n) is 10.4. The number of aliphatic hydroxyl groups is 1. The van der Waals surface area contributed by atoms with Gasteiger partial charge in [0.2, 0.25) is 15.9 Å². The summed E-state index contributed by atoms with van der Waals surface area (Å²) < 4.78 is 39.5. The quantitative estimate of drug-likeness (QED) is 0.398. The Kier molecular flexibility index (Phi) is 10.1. The van der Waals surface area contributed by atoms with Gasteiger partial charge in [-0.05, 0) is 66.3 Å². The van der Waals surface area contributed by atoms with Crippen molar-refractivity contribution >= 4 is 37.5 Å². The standard InChI is InChI=1S/C27H40N2O5S2.2H2/c1-5-24(26(30)16-21-11-10-18(2)14-19(21)3)28-27(31)25(29-36(4,33)34)17-35(32)23-13-12-20-8-6-7-9-22(20)15-23;;/h6-9,12-13,15,18-19,21,24-26,29-30H,5,10-11,14,16-17H2,1-4H3,(H,28,31);2*1H/t18?,19?,21?,24-,25+,26+,35?;;/m0../s1. The Bertz CT molecular complexity index is 1180. The number of aliphatic hydroxyl groups excluding tert-OH is 1. The number of amides is 1. The van der Waals surface area contributed by atoms with E-state index in [4.69, 9.17) is 0 Å². The lowest BCUT2D eigenvalue weighted by molar-refractivity contribution is -0.124. The maximum Gasteiger partial charge on any atom is 0.239 e. The number of benzene rings is 2. The second kappa shape index (κ2) is 12.6. The first kappa shape index (κ1) is 28.8. The molecule has 0 aliphatic heterocycles. The number of nitrogens with one attached hydrogen (secondary N) is 2. The van der Waals surface area contributed by atoms with Crippen molar-refractivity contribution in [3.8, 4) is 0 Å². The molecule has 1 saturated carbocycles. The van der Waals surface area contributed by atoms with Crippen molar-refractivity contribution in [2.75, 3.05) is 12.0 Å². The highest BCUT2D eigenvalue weighted by Crippen LogP contribution is 2.36. The Morgan fingerprint density at radius 2 is 1.86 bits per heavy atom. The Labute approximate surface area is 220 Å². The average Bonchev–Trinajstić information content (AvgIpc) is 2.82. The van der Waals surface area contributed by atoms with Crippen LogP contribution >= 0.6 is 0 Å². The maximum atomic E-state index is 13.2. The van der Waals surface area contributed by atoms with Crippen molar-refractivity contribution in [2.24, 2.45) is 17.8 Å². The molecule has 36 heavy (non-hydrogen) atoms. The van der Waals surface area contributed by atoms with Crippen molar-refractivity contribution in [1.29, 1.82) is 0 Å². The number of hydrogen-bond donors (Lipinski definition) is 3. The van der Waals surface area contributed by atoms with Gasteiger partial charge in [0.25, 0.3) is 0 Å². The molecule has 0 saturated heterocycles. The third kappa shape index (κ3) is 8.10. The number of carbonyl (C=O) groups excluding carboxylic acids is 1. The van der Waals surface area contributed by atoms with Crippen LogP contribution in [0, 0.1) is 17.8 Å². The summed E-state index contributed by atoms with van der Waals surface area (Å²) in [6, 6.07) is 11.3. The SMILES string of the molecule is CC[C@H](NC(=O)[C@@H](CS(=O)c1ccc2ccccc2c1)NS(C)(=O)=O)[C@H](O)CC1CCC(C)CC1C.[HH].[HH]. The van der Waals surface area contributed by atoms with Crippen molar-refractivity contribution < 1.29 is 25.4 Å². The highest BCUT2D eigenvalue weighted by atomic mass is 32.2. The monoisotopic (exact) mass is 540 g/mol. The van der Waals surface area contributed by atoms with Crippen LogP contribution in [0.25, 0.3) is 10.8 Å². The number of hydrogen-bond acceptors (Lipinski definition) is 5. The minimum atomic E-state index is -3.74. The van der Waals surface area contributed by atoms with Crippen LogP contribution in [0.3, 0.4) is 0 Å². The first-order valence-corrected chi connectivity index (χ1v) is 16.0. The first-order valence-electron chi connectivity index (χ1n) is 12.8. The van der Waals surface area contributed by atoms with E-state index in [2.05, 4.69) is 23.9 Å². The fourth-order valence-corrected chi connectivity index (χ4v) is 7.31. The van der Waals surface area contributed by atoms with E-state index in [1.165, 1.54) is 0 Å². The van der Waals surface area contributed by atoms with Crippen LogP contribution in [0.2, 0.25) is 0 Å². The molecule has 7 atom stereocenters. The predicted octanol–water partition coefficient (Wildman–Crippen LogP) is 4.08. The highest BCUT2D eigenvalue weighted by molar-refractivity contribution is 7.89. The molecule has 2 aromatic rings. The minimum absolute atomic E-state index is 0. The lowest BCUT2D eigenvalue weighted by Crippen LogP contribution is -2.54. The molecule has 0 spiro atoms. The zero-order valence-corrected chi connectivity index (χ0v) is 23.3. The molecule has 1 amide bonds. The summed E-state index contributed by atoms with van der Waals surface area (Å²) in [4.78, 5) is 13.7. The first-order chi connectivity index (χ1) is 17.0. The molecular weight excluding hydrogens is 496 g/mol. The molecule has 204 valence electrons. The smallest absolute Gasteiger partial charge is 0.239 e. The van der Waals surface area contributed by atoms with E-state index >= 15 is 0 Å². The second-order valence-corrected chi connectivity index (χ2v) is 13.7. The third-order valence-corrected chi connectivity index (χ3v) is 9.49. The molecule has 0 radical (unpaired) electrons. The van der Waals surface area contributed by atoms with Gasteiger partial charge in [-0.15, -0.1) is 0 Å². The summed E-state index contributed by atoms with van der Waals surface area (Å²) in [5.41, 5.74) is 0. The van der Waals surface area contributed by atoms with E-state index in [-0.39, 0.29) is 8.61 Å². The van der Waals surface area contributed by atoms with Gasteiger partial charge in [-0.1, -0.05) is 57.5 Å². The van der Waals surface area contributed by atoms with E-state index < -0.39 is 44.9 Å². The van der Waals surface area contributed by atoms with Crippen LogP contribution in [-0.4, -0.2) is 53.8 Å². The Morgan fingerprint density at radius 1 is 1.17 bits per heavy atom. The molecule has 0 heterocycles. The van der Waals surface area contributed by atoms with Crippen LogP contribution in [-0.2, 0) is 25.6 Å². The van der Waals surface area contributed by atoms with Gasteiger partial charge in [0.05, 0.1) is 35.0 Å². The van der Waals surface area contributed by atoms with Crippen LogP contribution in [0.5, 0.6) is 0 Å². The van der Waals surface area contributed by atoms with Gasteiger partial charge in [0.1, 0.15) is 6.04 Å². The van der Waals surface area contributed by atoms with E-state index in [0.717, 1.165) is 36.3 Å². The van der Waals surface area contributed by atoms with Crippen LogP contribution in [0.1, 0.15) is 55.7 Å². The van der Waals surface area contributed by atoms with Crippen LogP contribution in [0.4, 0.5) is 0 Å². The molecule has 4 unspecified atom stereocenters. The molecule has 1 fully saturated rings. The third-order valence-electron chi connectivity index (χ3n) is 7.36. The van der Waals surface area contributed by atoms with Gasteiger partial charge in [-0.25, -0.2) is 13.1 Å². The van der Waals surface area contributed by atoms with Gasteiger partial charge in [0.15, 0.2) is 0 Å². The van der Waals surface area contributed by atoms with Gasteiger partial charge in [-0.3, -0.25) is 9.00 Å². The number of rotatable bonds is 11. The number of carbonyl (C=O) groups is 1. The fourth-order valence-electron chi connectivity index (χ4n) is 5.28. The Morgan fingerprint density at radius 3 is 2.50 bits per heavy atom. The van der Waals surface area contributed by atoms with Crippen molar-refractivity contribution in [3.63, 3.8) is 0 Å². The summed E-state index contributed by atoms with van der Waals surface area (Å²) in [6.07, 6.45) is 4.69. The van der Waals surface area contributed by atoms with Crippen molar-refractivity contribution in [3.05, 3.63) is 42.5 Å². The molecule has 2 aromatic carbocycles. The minimum Gasteiger partial charge on any atom is -0.391 e. The summed E-state index contributed by atoms with van der Waals surface area (Å²) in [6.45, 7) is 6.36. The maximum absolute atomic E-state index is 13.2. The fraction of sp³-hybridized carbons (Fsp3) is 0.593. The Hall–Kier alpha value is -1.81. The molecule has 1 aliphatic carbocycles. The molecule has 9 heteroatoms. The van der Waals surface area contributed by atoms with E-state index in [1.807, 2.05) is 37.3 Å². The summed E-state index contributed by atoms with van der Waals surface area (Å²) in [7, 11) is -5.35. The lowest BCUT2D eigenvalue weighted by Gasteiger charge is -2.35. The zero-order valence-electron chi connectivity index (χ0n) is 21.6. The van der Waals surface area contributed by atoms with Crippen molar-refractivity contribution in [1.82, 2.24) is 10.0 Å². The molecule has 0 bridgehead atoms. The van der Waals surface area contributed by atoms with Gasteiger partial charge >= 0.3 is 0 Å². The van der Waals surface area contributed by atoms with Gasteiger partial charge in [-0.2, -0.15) is 0 Å². The van der Waals surface area contributed by atoms with E-state index in [0.29, 0.717) is 35.5 Å². The topological polar surface area (TPSA) is 113 Å². The zero-order chi connectivity index (χ0) is 26.5. The van der Waals surface area contributed by atoms with Crippen LogP contribution < -0.4 is 10.0 Å². The normalized spacial score (nSPS) is 24.1. The molecule has 3 N–H and O–H groups in total. The van der Waals surface area contributed by atoms with E-state index in [1.54, 1.807) is 12.1 Å². The van der Waals surface area contributed by atoms with E-state index in [9.17, 15) is 22.5 Å². The Balaban J connectivity index is 0.00000361. The average molecular weight is 541 g/mol. The van der Waals surface area contributed by atoms with Gasteiger partial charge < -0.3 is 10.4 Å². The number of sulfonamides is 1. The molecule has 0 aromatic heterocycles. The van der Waals surface area contributed by atoms with Gasteiger partial charge in [0, 0.05) is 7.75 Å². The molecule has 7 nitrogen and oxygen atoms in total. The molecular formula is C27H44N2O5S2. The predicted molar refractivity (Wildman–Crippen MR) is 150 cm³/mol. The summed E-state index contributed by atoms with van der Waals surface area (Å²) >= 11 is 0. The molecule has 1 aliphatic rings. The summed E-state index contributed by atoms with van der Waals surface area (Å²) in [5.74, 6) is 0.821. The highest BCUT2D eigenvalue weighted by Gasteiger charge is 2.32. The van der Waals surface area contributed by atoms with Crippen LogP contribution in [0.15, 0.2) is 47.4 Å². The van der Waals surface area contributed by atoms with Crippen molar-refractivity contribution in [2.45, 2.75) is 76.0 Å². The lowest BCUT2D eigenvalue weighted by atomic mass is 9.73. The molecule has 3 rings (SSSR count). The largest absolute Gasteiger partial charge is 0.391 e. The number of fused-ring (bicyclic) bond motifs is 1.